The maximum absolute atomic E-state index is 11.9. The molecular formula is C16H17BrN2O2. The summed E-state index contributed by atoms with van der Waals surface area (Å²) in [7, 11) is 0. The Balaban J connectivity index is 1.85. The first-order valence-electron chi connectivity index (χ1n) is 7.16. The second-order valence-electron chi connectivity index (χ2n) is 5.21. The summed E-state index contributed by atoms with van der Waals surface area (Å²) in [5.74, 6) is -0.145. The number of pyridine rings is 1. The summed E-state index contributed by atoms with van der Waals surface area (Å²) in [6, 6.07) is 6.16. The van der Waals surface area contributed by atoms with Crippen LogP contribution in [0.3, 0.4) is 0 Å². The molecule has 1 aliphatic carbocycles. The molecule has 21 heavy (non-hydrogen) atoms. The summed E-state index contributed by atoms with van der Waals surface area (Å²) in [4.78, 5) is 16.0. The first kappa shape index (κ1) is 14.3. The lowest BCUT2D eigenvalue weighted by Gasteiger charge is -2.36. The predicted molar refractivity (Wildman–Crippen MR) is 86.2 cm³/mol. The number of fused-ring (bicyclic) bond motifs is 1. The summed E-state index contributed by atoms with van der Waals surface area (Å²) in [5, 5.41) is 5.69. The summed E-state index contributed by atoms with van der Waals surface area (Å²) in [6.45, 7) is 2.28. The van der Waals surface area contributed by atoms with Crippen LogP contribution in [0.5, 0.6) is 0 Å². The van der Waals surface area contributed by atoms with Crippen molar-refractivity contribution in [2.75, 3.05) is 11.9 Å². The first-order chi connectivity index (χ1) is 10.2. The van der Waals surface area contributed by atoms with Gasteiger partial charge >= 0.3 is 5.97 Å². The number of carbonyl (C=O) groups excluding carboxylic acids is 1. The number of esters is 1. The molecule has 1 N–H and O–H groups in total. The van der Waals surface area contributed by atoms with Crippen molar-refractivity contribution in [1.82, 2.24) is 4.98 Å². The molecular weight excluding hydrogens is 332 g/mol. The van der Waals surface area contributed by atoms with Crippen molar-refractivity contribution < 1.29 is 9.53 Å². The van der Waals surface area contributed by atoms with Crippen molar-refractivity contribution in [2.45, 2.75) is 25.8 Å². The number of ether oxygens (including phenoxy) is 1. The highest BCUT2D eigenvalue weighted by Crippen LogP contribution is 2.37. The van der Waals surface area contributed by atoms with Gasteiger partial charge in [-0.3, -0.25) is 9.78 Å². The molecule has 1 fully saturated rings. The van der Waals surface area contributed by atoms with Crippen molar-refractivity contribution in [3.63, 3.8) is 0 Å². The molecule has 110 valence electrons. The Bertz CT molecular complexity index is 674. The molecule has 1 heterocycles. The highest BCUT2D eigenvalue weighted by molar-refractivity contribution is 9.10. The highest BCUT2D eigenvalue weighted by atomic mass is 79.9. The van der Waals surface area contributed by atoms with Crippen LogP contribution in [0.15, 0.2) is 35.1 Å². The normalized spacial score (nSPS) is 20.9. The summed E-state index contributed by atoms with van der Waals surface area (Å²) in [6.07, 6.45) is 5.50. The highest BCUT2D eigenvalue weighted by Gasteiger charge is 2.38. The molecule has 0 spiro atoms. The number of rotatable bonds is 4. The number of benzene rings is 1. The van der Waals surface area contributed by atoms with Crippen molar-refractivity contribution in [3.05, 3.63) is 35.1 Å². The minimum absolute atomic E-state index is 0.0473. The van der Waals surface area contributed by atoms with Gasteiger partial charge in [0.15, 0.2) is 0 Å². The quantitative estimate of drug-likeness (QED) is 0.855. The van der Waals surface area contributed by atoms with E-state index in [1.54, 1.807) is 6.20 Å². The van der Waals surface area contributed by atoms with Crippen LogP contribution in [0.2, 0.25) is 0 Å². The Hall–Kier alpha value is -1.62. The third-order valence-electron chi connectivity index (χ3n) is 3.96. The smallest absolute Gasteiger partial charge is 0.311 e. The molecule has 2 unspecified atom stereocenters. The molecule has 3 rings (SSSR count). The Kier molecular flexibility index (Phi) is 4.10. The molecule has 0 aliphatic heterocycles. The largest absolute Gasteiger partial charge is 0.466 e. The lowest BCUT2D eigenvalue weighted by molar-refractivity contribution is -0.151. The average molecular weight is 349 g/mol. The van der Waals surface area contributed by atoms with Crippen molar-refractivity contribution >= 4 is 38.4 Å². The fourth-order valence-corrected chi connectivity index (χ4v) is 3.14. The Labute approximate surface area is 132 Å². The molecule has 4 nitrogen and oxygen atoms in total. The molecule has 0 bridgehead atoms. The van der Waals surface area contributed by atoms with Crippen LogP contribution in [0.25, 0.3) is 10.8 Å². The van der Waals surface area contributed by atoms with E-state index in [1.807, 2.05) is 31.3 Å². The van der Waals surface area contributed by atoms with Crippen LogP contribution in [-0.4, -0.2) is 23.6 Å². The zero-order valence-electron chi connectivity index (χ0n) is 11.8. The Morgan fingerprint density at radius 3 is 3.00 bits per heavy atom. The SMILES string of the molecule is CCOC(=O)C1CCC1Nc1c(Br)ccc2cnccc12. The van der Waals surface area contributed by atoms with Crippen LogP contribution in [0.1, 0.15) is 19.8 Å². The van der Waals surface area contributed by atoms with Crippen LogP contribution < -0.4 is 5.32 Å². The van der Waals surface area contributed by atoms with Crippen molar-refractivity contribution in [2.24, 2.45) is 5.92 Å². The number of anilines is 1. The van der Waals surface area contributed by atoms with E-state index in [1.165, 1.54) is 0 Å². The summed E-state index contributed by atoms with van der Waals surface area (Å²) in [5.41, 5.74) is 1.02. The van der Waals surface area contributed by atoms with Gasteiger partial charge in [0.05, 0.1) is 18.2 Å². The average Bonchev–Trinajstić information content (AvgIpc) is 2.45. The van der Waals surface area contributed by atoms with E-state index in [4.69, 9.17) is 4.74 Å². The van der Waals surface area contributed by atoms with Gasteiger partial charge in [0.25, 0.3) is 0 Å². The van der Waals surface area contributed by atoms with Crippen LogP contribution >= 0.6 is 15.9 Å². The second-order valence-corrected chi connectivity index (χ2v) is 6.06. The number of nitrogens with one attached hydrogen (secondary N) is 1. The Morgan fingerprint density at radius 1 is 1.43 bits per heavy atom. The third-order valence-corrected chi connectivity index (χ3v) is 4.62. The topological polar surface area (TPSA) is 51.2 Å². The fourth-order valence-electron chi connectivity index (χ4n) is 2.68. The molecule has 0 saturated heterocycles. The van der Waals surface area contributed by atoms with Gasteiger partial charge in [0, 0.05) is 33.7 Å². The monoisotopic (exact) mass is 348 g/mol. The van der Waals surface area contributed by atoms with Gasteiger partial charge in [-0.05, 0) is 47.8 Å². The van der Waals surface area contributed by atoms with Gasteiger partial charge in [-0.2, -0.15) is 0 Å². The third kappa shape index (κ3) is 2.75. The molecule has 2 aromatic rings. The number of carbonyl (C=O) groups is 1. The van der Waals surface area contributed by atoms with Crippen LogP contribution in [0.4, 0.5) is 5.69 Å². The standard InChI is InChI=1S/C16H17BrN2O2/c1-2-21-16(20)12-4-6-14(12)19-15-11-7-8-18-9-10(11)3-5-13(15)17/h3,5,7-9,12,14,19H,2,4,6H2,1H3. The first-order valence-corrected chi connectivity index (χ1v) is 7.95. The summed E-state index contributed by atoms with van der Waals surface area (Å²) >= 11 is 3.59. The van der Waals surface area contributed by atoms with E-state index < -0.39 is 0 Å². The number of halogens is 1. The number of hydrogen-bond donors (Lipinski definition) is 1. The van der Waals surface area contributed by atoms with Gasteiger partial charge in [-0.25, -0.2) is 0 Å². The maximum atomic E-state index is 11.9. The molecule has 1 aromatic carbocycles. The van der Waals surface area contributed by atoms with E-state index in [0.29, 0.717) is 6.61 Å². The van der Waals surface area contributed by atoms with Crippen molar-refractivity contribution in [1.29, 1.82) is 0 Å². The van der Waals surface area contributed by atoms with Gasteiger partial charge in [-0.15, -0.1) is 0 Å². The van der Waals surface area contributed by atoms with E-state index in [2.05, 4.69) is 26.2 Å². The van der Waals surface area contributed by atoms with Crippen molar-refractivity contribution in [3.8, 4) is 0 Å². The van der Waals surface area contributed by atoms with E-state index in [9.17, 15) is 4.79 Å². The molecule has 5 heteroatoms. The molecule has 1 saturated carbocycles. The Morgan fingerprint density at radius 2 is 2.29 bits per heavy atom. The number of aromatic nitrogens is 1. The summed E-state index contributed by atoms with van der Waals surface area (Å²) < 4.78 is 6.13. The lowest BCUT2D eigenvalue weighted by atomic mass is 9.79. The second kappa shape index (κ2) is 6.02. The van der Waals surface area contributed by atoms with E-state index in [0.717, 1.165) is 33.8 Å². The lowest BCUT2D eigenvalue weighted by Crippen LogP contribution is -2.44. The van der Waals surface area contributed by atoms with Gasteiger partial charge < -0.3 is 10.1 Å². The molecule has 1 aliphatic rings. The van der Waals surface area contributed by atoms with Crippen LogP contribution in [-0.2, 0) is 9.53 Å². The minimum atomic E-state index is -0.0979. The maximum Gasteiger partial charge on any atom is 0.311 e. The number of nitrogens with zero attached hydrogens (tertiary/aromatic N) is 1. The minimum Gasteiger partial charge on any atom is -0.466 e. The zero-order chi connectivity index (χ0) is 14.8. The predicted octanol–water partition coefficient (Wildman–Crippen LogP) is 3.75. The van der Waals surface area contributed by atoms with Gasteiger partial charge in [0.1, 0.15) is 0 Å². The molecule has 1 aromatic heterocycles. The van der Waals surface area contributed by atoms with Crippen LogP contribution in [0, 0.1) is 5.92 Å². The molecule has 2 atom stereocenters. The fraction of sp³-hybridized carbons (Fsp3) is 0.375. The van der Waals surface area contributed by atoms with E-state index >= 15 is 0 Å². The van der Waals surface area contributed by atoms with Gasteiger partial charge in [-0.1, -0.05) is 6.07 Å². The number of hydrogen-bond acceptors (Lipinski definition) is 4. The zero-order valence-corrected chi connectivity index (χ0v) is 13.4. The molecule has 0 radical (unpaired) electrons. The molecule has 0 amide bonds. The van der Waals surface area contributed by atoms with Gasteiger partial charge in [0.2, 0.25) is 0 Å². The van der Waals surface area contributed by atoms with E-state index in [-0.39, 0.29) is 17.9 Å².